The second kappa shape index (κ2) is 8.41. The summed E-state index contributed by atoms with van der Waals surface area (Å²) < 4.78 is 40.8. The number of aliphatic hydroxyl groups excluding tert-OH is 1. The summed E-state index contributed by atoms with van der Waals surface area (Å²) in [6, 6.07) is 9.62. The molecule has 0 aliphatic carbocycles. The minimum Gasteiger partial charge on any atom is -0.396 e. The lowest BCUT2D eigenvalue weighted by atomic mass is 9.90. The Morgan fingerprint density at radius 3 is 2.71 bits per heavy atom. The summed E-state index contributed by atoms with van der Waals surface area (Å²) in [7, 11) is 0. The molecule has 0 radical (unpaired) electrons. The number of rotatable bonds is 5. The molecule has 3 aliphatic heterocycles. The summed E-state index contributed by atoms with van der Waals surface area (Å²) in [5.41, 5.74) is 1.05. The molecular weight excluding hydrogens is 451 g/mol. The summed E-state index contributed by atoms with van der Waals surface area (Å²) >= 11 is 0. The first-order valence-corrected chi connectivity index (χ1v) is 10.9. The Morgan fingerprint density at radius 2 is 2.00 bits per heavy atom. The zero-order chi connectivity index (χ0) is 24.0. The maximum absolute atomic E-state index is 13.0. The molecule has 2 atom stereocenters. The van der Waals surface area contributed by atoms with Gasteiger partial charge in [-0.25, -0.2) is 0 Å². The highest BCUT2D eigenvalue weighted by atomic mass is 19.4. The molecule has 4 heterocycles. The molecule has 3 aromatic rings. The molecule has 3 aliphatic rings. The highest BCUT2D eigenvalue weighted by Crippen LogP contribution is 2.30. The predicted molar refractivity (Wildman–Crippen MR) is 117 cm³/mol. The molecule has 34 heavy (non-hydrogen) atoms. The number of aliphatic hydroxyl groups is 1. The fourth-order valence-corrected chi connectivity index (χ4v) is 4.44. The van der Waals surface area contributed by atoms with Crippen LogP contribution in [0.25, 0.3) is 11.0 Å². The largest absolute Gasteiger partial charge is 0.416 e. The van der Waals surface area contributed by atoms with Crippen LogP contribution in [0.2, 0.25) is 0 Å². The molecule has 8 nitrogen and oxygen atoms in total. The predicted octanol–water partition coefficient (Wildman–Crippen LogP) is 2.19. The van der Waals surface area contributed by atoms with Gasteiger partial charge in [-0.1, -0.05) is 6.07 Å². The lowest BCUT2D eigenvalue weighted by Crippen LogP contribution is -2.70. The van der Waals surface area contributed by atoms with Crippen molar-refractivity contribution in [1.29, 1.82) is 0 Å². The number of alkyl halides is 3. The summed E-state index contributed by atoms with van der Waals surface area (Å²) in [6.45, 7) is 0.815. The van der Waals surface area contributed by atoms with Gasteiger partial charge in [0, 0.05) is 37.0 Å². The molecule has 178 valence electrons. The topological polar surface area (TPSA) is 103 Å². The lowest BCUT2D eigenvalue weighted by Gasteiger charge is -2.47. The number of benzene rings is 2. The molecule has 2 aromatic carbocycles. The summed E-state index contributed by atoms with van der Waals surface area (Å²) in [5, 5.41) is 12.5. The number of amides is 2. The third kappa shape index (κ3) is 4.01. The number of fused-ring (bicyclic) bond motifs is 3. The van der Waals surface area contributed by atoms with E-state index in [1.54, 1.807) is 21.6 Å². The van der Waals surface area contributed by atoms with Crippen molar-refractivity contribution in [2.24, 2.45) is 4.99 Å². The van der Waals surface area contributed by atoms with Crippen molar-refractivity contribution in [2.45, 2.75) is 37.6 Å². The van der Waals surface area contributed by atoms with E-state index in [0.717, 1.165) is 24.6 Å². The van der Waals surface area contributed by atoms with Gasteiger partial charge in [-0.05, 0) is 49.2 Å². The van der Waals surface area contributed by atoms with Crippen LogP contribution >= 0.6 is 0 Å². The normalized spacial score (nSPS) is 20.6. The van der Waals surface area contributed by atoms with E-state index < -0.39 is 17.6 Å². The van der Waals surface area contributed by atoms with E-state index in [1.165, 1.54) is 6.07 Å². The number of hydrogen-bond acceptors (Lipinski definition) is 4. The molecule has 3 N–H and O–H groups in total. The molecule has 3 fully saturated rings. The van der Waals surface area contributed by atoms with Crippen LogP contribution in [0, 0.1) is 0 Å². The number of aromatic nitrogens is 2. The van der Waals surface area contributed by atoms with Crippen LogP contribution in [0.4, 0.5) is 18.9 Å². The lowest BCUT2D eigenvalue weighted by molar-refractivity contribution is -0.137. The number of halogens is 3. The number of H-pyrrole nitrogens is 1. The molecular formula is C23H22F3N5O3. The number of aryl methyl sites for hydroxylation is 1. The average molecular weight is 473 g/mol. The Hall–Kier alpha value is -3.44. The highest BCUT2D eigenvalue weighted by Gasteiger charge is 2.43. The van der Waals surface area contributed by atoms with Crippen LogP contribution in [-0.2, 0) is 17.5 Å². The minimum atomic E-state index is -4.57. The standard InChI is InChI=1S/C23H22F3N5O3/c24-23(25,26)14-4-1-3-13(9-14)20(33)29-22-28-17-11-16(5-6-19(17)30(22)7-2-8-32)31-12-15-10-18(27-15)21(31)34/h1,3-6,9,11,15,18,27,32H,2,7-8,10,12H2,(H,28,29,33). The van der Waals surface area contributed by atoms with Gasteiger partial charge in [0.05, 0.1) is 22.6 Å². The van der Waals surface area contributed by atoms with Gasteiger partial charge in [-0.3, -0.25) is 9.59 Å². The molecule has 1 aromatic heterocycles. The van der Waals surface area contributed by atoms with Gasteiger partial charge in [0.25, 0.3) is 5.91 Å². The van der Waals surface area contributed by atoms with Crippen molar-refractivity contribution in [3.63, 3.8) is 0 Å². The molecule has 2 amide bonds. The number of nitrogens with zero attached hydrogens (tertiary/aromatic N) is 3. The Kier molecular flexibility index (Phi) is 5.53. The van der Waals surface area contributed by atoms with Crippen molar-refractivity contribution in [2.75, 3.05) is 18.1 Å². The van der Waals surface area contributed by atoms with E-state index >= 15 is 0 Å². The molecule has 2 unspecified atom stereocenters. The van der Waals surface area contributed by atoms with E-state index in [2.05, 4.69) is 15.3 Å². The van der Waals surface area contributed by atoms with E-state index in [9.17, 15) is 27.9 Å². The second-order valence-electron chi connectivity index (χ2n) is 8.48. The number of anilines is 1. The Morgan fingerprint density at radius 1 is 1.21 bits per heavy atom. The Bertz CT molecular complexity index is 1340. The smallest absolute Gasteiger partial charge is 0.396 e. The quantitative estimate of drug-likeness (QED) is 0.529. The van der Waals surface area contributed by atoms with Gasteiger partial charge in [0.15, 0.2) is 0 Å². The third-order valence-corrected chi connectivity index (χ3v) is 6.19. The van der Waals surface area contributed by atoms with Crippen molar-refractivity contribution in [3.05, 3.63) is 59.2 Å². The first kappa shape index (κ1) is 22.4. The summed E-state index contributed by atoms with van der Waals surface area (Å²) in [6.07, 6.45) is -3.35. The fourth-order valence-electron chi connectivity index (χ4n) is 4.44. The summed E-state index contributed by atoms with van der Waals surface area (Å²) in [4.78, 5) is 34.1. The third-order valence-electron chi connectivity index (χ3n) is 6.19. The van der Waals surface area contributed by atoms with Gasteiger partial charge in [0.2, 0.25) is 11.5 Å². The molecule has 0 saturated carbocycles. The van der Waals surface area contributed by atoms with E-state index in [-0.39, 0.29) is 35.8 Å². The maximum Gasteiger partial charge on any atom is 0.416 e. The fraction of sp³-hybridized carbons (Fsp3) is 0.348. The van der Waals surface area contributed by atoms with Crippen molar-refractivity contribution < 1.29 is 27.9 Å². The number of aromatic amines is 1. The minimum absolute atomic E-state index is 0.00574. The average Bonchev–Trinajstić information content (AvgIpc) is 3.12. The van der Waals surface area contributed by atoms with E-state index in [4.69, 9.17) is 0 Å². The molecule has 3 saturated heterocycles. The van der Waals surface area contributed by atoms with Gasteiger partial charge in [0.1, 0.15) is 0 Å². The summed E-state index contributed by atoms with van der Waals surface area (Å²) in [5.74, 6) is -0.820. The highest BCUT2D eigenvalue weighted by molar-refractivity contribution is 6.01. The number of imidazole rings is 1. The van der Waals surface area contributed by atoms with Crippen LogP contribution in [0.1, 0.15) is 28.8 Å². The second-order valence-corrected chi connectivity index (χ2v) is 8.48. The molecule has 11 heteroatoms. The van der Waals surface area contributed by atoms with Crippen LogP contribution in [-0.4, -0.2) is 51.7 Å². The molecule has 6 rings (SSSR count). The number of hydrogen-bond donors (Lipinski definition) is 3. The zero-order valence-electron chi connectivity index (χ0n) is 18.0. The zero-order valence-corrected chi connectivity index (χ0v) is 18.0. The van der Waals surface area contributed by atoms with E-state index in [1.807, 2.05) is 6.07 Å². The number of carbonyl (C=O) groups excluding carboxylic acids is 2. The number of piperidine rings is 1. The van der Waals surface area contributed by atoms with Crippen LogP contribution in [0.15, 0.2) is 47.5 Å². The number of nitrogens with one attached hydrogen (secondary N) is 2. The SMILES string of the molecule is O=C(/N=c1\[nH]c2cc(N3CC4CC(N4)C3=O)ccc2n1CCCO)c1cccc(C(F)(F)F)c1. The monoisotopic (exact) mass is 473 g/mol. The van der Waals surface area contributed by atoms with E-state index in [0.29, 0.717) is 36.2 Å². The first-order valence-electron chi connectivity index (χ1n) is 10.9. The van der Waals surface area contributed by atoms with Gasteiger partial charge in [-0.2, -0.15) is 18.2 Å². The number of carbonyl (C=O) groups is 2. The van der Waals surface area contributed by atoms with Crippen molar-refractivity contribution in [1.82, 2.24) is 14.9 Å². The first-order chi connectivity index (χ1) is 16.2. The Labute approximate surface area is 191 Å². The molecule has 0 spiro atoms. The van der Waals surface area contributed by atoms with Gasteiger partial charge >= 0.3 is 6.18 Å². The van der Waals surface area contributed by atoms with Crippen LogP contribution in [0.3, 0.4) is 0 Å². The van der Waals surface area contributed by atoms with Gasteiger partial charge in [-0.15, -0.1) is 0 Å². The van der Waals surface area contributed by atoms with Gasteiger partial charge < -0.3 is 24.9 Å². The maximum atomic E-state index is 13.0. The van der Waals surface area contributed by atoms with Crippen molar-refractivity contribution in [3.8, 4) is 0 Å². The van der Waals surface area contributed by atoms with Crippen LogP contribution < -0.4 is 15.8 Å². The number of piperazine rings is 1. The van der Waals surface area contributed by atoms with Crippen molar-refractivity contribution >= 4 is 28.5 Å². The van der Waals surface area contributed by atoms with Crippen LogP contribution in [0.5, 0.6) is 0 Å². The molecule has 2 bridgehead atoms. The Balaban J connectivity index is 1.53.